The maximum absolute atomic E-state index is 12.0. The predicted molar refractivity (Wildman–Crippen MR) is 69.4 cm³/mol. The Morgan fingerprint density at radius 2 is 2.16 bits per heavy atom. The van der Waals surface area contributed by atoms with E-state index < -0.39 is 0 Å². The predicted octanol–water partition coefficient (Wildman–Crippen LogP) is 0.822. The van der Waals surface area contributed by atoms with Crippen molar-refractivity contribution in [3.05, 3.63) is 30.1 Å². The van der Waals surface area contributed by atoms with Crippen LogP contribution in [0.5, 0.6) is 0 Å². The van der Waals surface area contributed by atoms with E-state index in [1.54, 1.807) is 24.5 Å². The molecule has 2 aliphatic rings. The Kier molecular flexibility index (Phi) is 3.19. The zero-order valence-electron chi connectivity index (χ0n) is 10.7. The molecule has 19 heavy (non-hydrogen) atoms. The summed E-state index contributed by atoms with van der Waals surface area (Å²) in [5.41, 5.74) is 0.564. The monoisotopic (exact) mass is 259 g/mol. The molecular formula is C14H17N3O2. The number of pyridine rings is 1. The first-order valence-electron chi connectivity index (χ1n) is 6.74. The van der Waals surface area contributed by atoms with Crippen LogP contribution in [0.4, 0.5) is 0 Å². The van der Waals surface area contributed by atoms with Crippen LogP contribution in [-0.4, -0.2) is 40.8 Å². The fourth-order valence-electron chi connectivity index (χ4n) is 2.43. The smallest absolute Gasteiger partial charge is 0.253 e. The summed E-state index contributed by atoms with van der Waals surface area (Å²) in [6.45, 7) is 1.40. The highest BCUT2D eigenvalue weighted by molar-refractivity contribution is 5.94. The number of amides is 2. The largest absolute Gasteiger partial charge is 0.347 e. The highest BCUT2D eigenvalue weighted by Gasteiger charge is 2.36. The molecule has 0 bridgehead atoms. The minimum atomic E-state index is -0.112. The lowest BCUT2D eigenvalue weighted by Crippen LogP contribution is -2.38. The molecular weight excluding hydrogens is 242 g/mol. The van der Waals surface area contributed by atoms with Crippen molar-refractivity contribution in [3.63, 3.8) is 0 Å². The van der Waals surface area contributed by atoms with Gasteiger partial charge < -0.3 is 10.2 Å². The molecule has 2 fully saturated rings. The molecule has 0 aromatic carbocycles. The van der Waals surface area contributed by atoms with Gasteiger partial charge in [-0.1, -0.05) is 0 Å². The first-order valence-corrected chi connectivity index (χ1v) is 6.74. The first-order chi connectivity index (χ1) is 9.24. The third kappa shape index (κ3) is 2.75. The zero-order valence-corrected chi connectivity index (χ0v) is 10.7. The summed E-state index contributed by atoms with van der Waals surface area (Å²) in [4.78, 5) is 29.7. The summed E-state index contributed by atoms with van der Waals surface area (Å²) in [5.74, 6) is 0.407. The van der Waals surface area contributed by atoms with Crippen molar-refractivity contribution in [3.8, 4) is 0 Å². The Balaban J connectivity index is 1.54. The summed E-state index contributed by atoms with van der Waals surface area (Å²) >= 11 is 0. The fourth-order valence-corrected chi connectivity index (χ4v) is 2.43. The molecule has 1 N–H and O–H groups in total. The number of hydrogen-bond donors (Lipinski definition) is 1. The molecule has 0 radical (unpaired) electrons. The van der Waals surface area contributed by atoms with E-state index in [1.807, 2.05) is 4.90 Å². The molecule has 1 saturated heterocycles. The number of carbonyl (C=O) groups is 2. The number of rotatable bonds is 3. The van der Waals surface area contributed by atoms with Crippen molar-refractivity contribution in [2.45, 2.75) is 25.3 Å². The van der Waals surface area contributed by atoms with Crippen molar-refractivity contribution in [1.82, 2.24) is 15.2 Å². The second-order valence-corrected chi connectivity index (χ2v) is 5.26. The number of likely N-dealkylation sites (tertiary alicyclic amines) is 1. The fraction of sp³-hybridized carbons (Fsp3) is 0.500. The molecule has 3 rings (SSSR count). The lowest BCUT2D eigenvalue weighted by molar-refractivity contribution is -0.131. The average Bonchev–Trinajstić information content (AvgIpc) is 3.19. The van der Waals surface area contributed by atoms with Crippen LogP contribution in [0.15, 0.2) is 24.5 Å². The highest BCUT2D eigenvalue weighted by Crippen LogP contribution is 2.32. The van der Waals surface area contributed by atoms with Gasteiger partial charge in [0.25, 0.3) is 5.91 Å². The molecule has 0 spiro atoms. The van der Waals surface area contributed by atoms with Crippen LogP contribution in [0.25, 0.3) is 0 Å². The number of nitrogens with one attached hydrogen (secondary N) is 1. The van der Waals surface area contributed by atoms with E-state index in [0.717, 1.165) is 25.8 Å². The maximum Gasteiger partial charge on any atom is 0.253 e. The van der Waals surface area contributed by atoms with Gasteiger partial charge in [-0.2, -0.15) is 0 Å². The Hall–Kier alpha value is -1.91. The third-order valence-electron chi connectivity index (χ3n) is 3.69. The van der Waals surface area contributed by atoms with Gasteiger partial charge in [0.2, 0.25) is 5.91 Å². The summed E-state index contributed by atoms with van der Waals surface area (Å²) in [5, 5.41) is 2.97. The first kappa shape index (κ1) is 12.1. The standard InChI is InChI=1S/C14H17N3O2/c18-13(11-2-1-6-15-8-11)16-12-5-7-17(9-12)14(19)10-3-4-10/h1-2,6,8,10,12H,3-5,7,9H2,(H,16,18). The lowest BCUT2D eigenvalue weighted by atomic mass is 10.2. The zero-order chi connectivity index (χ0) is 13.2. The summed E-state index contributed by atoms with van der Waals surface area (Å²) in [6, 6.07) is 3.55. The number of aromatic nitrogens is 1. The molecule has 1 unspecified atom stereocenters. The van der Waals surface area contributed by atoms with Gasteiger partial charge in [0.15, 0.2) is 0 Å². The molecule has 1 saturated carbocycles. The quantitative estimate of drug-likeness (QED) is 0.874. The minimum Gasteiger partial charge on any atom is -0.347 e. The van der Waals surface area contributed by atoms with Gasteiger partial charge in [-0.05, 0) is 31.4 Å². The number of carbonyl (C=O) groups excluding carboxylic acids is 2. The minimum absolute atomic E-state index is 0.0652. The molecule has 5 heteroatoms. The number of nitrogens with zero attached hydrogens (tertiary/aromatic N) is 2. The SMILES string of the molecule is O=C(NC1CCN(C(=O)C2CC2)C1)c1cccnc1. The van der Waals surface area contributed by atoms with Crippen LogP contribution in [0.1, 0.15) is 29.6 Å². The van der Waals surface area contributed by atoms with Crippen molar-refractivity contribution in [2.75, 3.05) is 13.1 Å². The average molecular weight is 259 g/mol. The van der Waals surface area contributed by atoms with Gasteiger partial charge >= 0.3 is 0 Å². The molecule has 1 aromatic rings. The molecule has 2 amide bonds. The van der Waals surface area contributed by atoms with E-state index in [-0.39, 0.29) is 23.8 Å². The maximum atomic E-state index is 12.0. The van der Waals surface area contributed by atoms with Crippen molar-refractivity contribution in [1.29, 1.82) is 0 Å². The number of hydrogen-bond acceptors (Lipinski definition) is 3. The van der Waals surface area contributed by atoms with E-state index in [1.165, 1.54) is 0 Å². The van der Waals surface area contributed by atoms with Crippen LogP contribution < -0.4 is 5.32 Å². The lowest BCUT2D eigenvalue weighted by Gasteiger charge is -2.16. The second-order valence-electron chi connectivity index (χ2n) is 5.26. The van der Waals surface area contributed by atoms with Crippen LogP contribution >= 0.6 is 0 Å². The van der Waals surface area contributed by atoms with E-state index in [4.69, 9.17) is 0 Å². The summed E-state index contributed by atoms with van der Waals surface area (Å²) in [6.07, 6.45) is 6.09. The van der Waals surface area contributed by atoms with Crippen LogP contribution in [0, 0.1) is 5.92 Å². The van der Waals surface area contributed by atoms with Gasteiger partial charge in [-0.15, -0.1) is 0 Å². The third-order valence-corrected chi connectivity index (χ3v) is 3.69. The van der Waals surface area contributed by atoms with Gasteiger partial charge in [0.05, 0.1) is 5.56 Å². The van der Waals surface area contributed by atoms with Crippen molar-refractivity contribution >= 4 is 11.8 Å². The second kappa shape index (κ2) is 4.99. The van der Waals surface area contributed by atoms with E-state index in [0.29, 0.717) is 12.1 Å². The molecule has 1 aliphatic carbocycles. The van der Waals surface area contributed by atoms with Crippen molar-refractivity contribution < 1.29 is 9.59 Å². The summed E-state index contributed by atoms with van der Waals surface area (Å²) < 4.78 is 0. The molecule has 2 heterocycles. The molecule has 5 nitrogen and oxygen atoms in total. The normalized spacial score (nSPS) is 22.3. The van der Waals surface area contributed by atoms with E-state index in [2.05, 4.69) is 10.3 Å². The van der Waals surface area contributed by atoms with Gasteiger partial charge in [-0.25, -0.2) is 0 Å². The molecule has 1 atom stereocenters. The van der Waals surface area contributed by atoms with Crippen LogP contribution in [0.2, 0.25) is 0 Å². The van der Waals surface area contributed by atoms with Crippen molar-refractivity contribution in [2.24, 2.45) is 5.92 Å². The van der Waals surface area contributed by atoms with E-state index >= 15 is 0 Å². The van der Waals surface area contributed by atoms with Gasteiger partial charge in [0.1, 0.15) is 0 Å². The Morgan fingerprint density at radius 3 is 2.84 bits per heavy atom. The molecule has 1 aromatic heterocycles. The van der Waals surface area contributed by atoms with Crippen LogP contribution in [0.3, 0.4) is 0 Å². The van der Waals surface area contributed by atoms with E-state index in [9.17, 15) is 9.59 Å². The van der Waals surface area contributed by atoms with Gasteiger partial charge in [0, 0.05) is 37.4 Å². The highest BCUT2D eigenvalue weighted by atomic mass is 16.2. The topological polar surface area (TPSA) is 62.3 Å². The molecule has 100 valence electrons. The molecule has 1 aliphatic heterocycles. The Morgan fingerprint density at radius 1 is 1.32 bits per heavy atom. The Labute approximate surface area is 112 Å². The van der Waals surface area contributed by atoms with Gasteiger partial charge in [-0.3, -0.25) is 14.6 Å². The Bertz CT molecular complexity index is 485. The summed E-state index contributed by atoms with van der Waals surface area (Å²) in [7, 11) is 0. The van der Waals surface area contributed by atoms with Crippen LogP contribution in [-0.2, 0) is 4.79 Å².